The maximum absolute atomic E-state index is 13.1. The summed E-state index contributed by atoms with van der Waals surface area (Å²) in [6.45, 7) is 3.60. The maximum atomic E-state index is 13.1. The number of pyridine rings is 1. The summed E-state index contributed by atoms with van der Waals surface area (Å²) >= 11 is 0. The van der Waals surface area contributed by atoms with Crippen molar-refractivity contribution >= 4 is 22.8 Å². The molecule has 0 atom stereocenters. The van der Waals surface area contributed by atoms with Crippen molar-refractivity contribution in [3.05, 3.63) is 45.9 Å². The molecule has 1 aliphatic carbocycles. The zero-order valence-corrected chi connectivity index (χ0v) is 15.7. The first kappa shape index (κ1) is 19.2. The van der Waals surface area contributed by atoms with Gasteiger partial charge in [0.15, 0.2) is 0 Å². The summed E-state index contributed by atoms with van der Waals surface area (Å²) in [5.41, 5.74) is 12.7. The molecule has 1 heterocycles. The maximum Gasteiger partial charge on any atom is 0.258 e. The van der Waals surface area contributed by atoms with E-state index in [2.05, 4.69) is 6.92 Å². The Hall–Kier alpha value is -2.60. The lowest BCUT2D eigenvalue weighted by molar-refractivity contribution is -0.113. The quantitative estimate of drug-likeness (QED) is 0.524. The largest absolute Gasteiger partial charge is 0.491 e. The summed E-state index contributed by atoms with van der Waals surface area (Å²) in [5.74, 6) is 0.708. The number of carbonyl (C=O) groups is 1. The molecular formula is C21H27N3O3. The summed E-state index contributed by atoms with van der Waals surface area (Å²) in [6.07, 6.45) is 7.18. The summed E-state index contributed by atoms with van der Waals surface area (Å²) in [6, 6.07) is 5.45. The Balaban J connectivity index is 2.17. The molecule has 1 amide bonds. The average molecular weight is 369 g/mol. The van der Waals surface area contributed by atoms with E-state index in [4.69, 9.17) is 16.2 Å². The van der Waals surface area contributed by atoms with E-state index >= 15 is 0 Å². The number of aromatic nitrogens is 1. The number of primary amides is 1. The number of benzene rings is 1. The minimum atomic E-state index is -0.517. The Morgan fingerprint density at radius 3 is 2.74 bits per heavy atom. The van der Waals surface area contributed by atoms with Gasteiger partial charge in [0.1, 0.15) is 5.75 Å². The molecule has 2 aromatic rings. The molecule has 6 nitrogen and oxygen atoms in total. The van der Waals surface area contributed by atoms with Gasteiger partial charge in [-0.1, -0.05) is 19.4 Å². The smallest absolute Gasteiger partial charge is 0.258 e. The van der Waals surface area contributed by atoms with Crippen molar-refractivity contribution < 1.29 is 9.53 Å². The predicted molar refractivity (Wildman–Crippen MR) is 107 cm³/mol. The molecule has 0 saturated heterocycles. The molecule has 27 heavy (non-hydrogen) atoms. The number of nitrogens with two attached hydrogens (primary N) is 2. The van der Waals surface area contributed by atoms with E-state index < -0.39 is 5.91 Å². The molecule has 1 aliphatic rings. The number of fused-ring (bicyclic) bond motifs is 1. The highest BCUT2D eigenvalue weighted by atomic mass is 16.5. The van der Waals surface area contributed by atoms with Gasteiger partial charge in [-0.3, -0.25) is 9.59 Å². The van der Waals surface area contributed by atoms with E-state index in [0.717, 1.165) is 42.3 Å². The Kier molecular flexibility index (Phi) is 5.96. The number of amides is 1. The third-order valence-electron chi connectivity index (χ3n) is 4.87. The first-order valence-corrected chi connectivity index (χ1v) is 9.55. The molecule has 6 heteroatoms. The van der Waals surface area contributed by atoms with E-state index in [1.54, 1.807) is 16.7 Å². The number of rotatable bonds is 9. The molecular weight excluding hydrogens is 342 g/mol. The van der Waals surface area contributed by atoms with Gasteiger partial charge in [-0.2, -0.15) is 0 Å². The van der Waals surface area contributed by atoms with Crippen molar-refractivity contribution in [3.63, 3.8) is 0 Å². The van der Waals surface area contributed by atoms with Gasteiger partial charge in [0, 0.05) is 24.6 Å². The number of hydrogen-bond acceptors (Lipinski definition) is 4. The molecule has 0 aliphatic heterocycles. The van der Waals surface area contributed by atoms with Crippen molar-refractivity contribution in [2.24, 2.45) is 17.4 Å². The third-order valence-corrected chi connectivity index (χ3v) is 4.87. The van der Waals surface area contributed by atoms with Gasteiger partial charge in [0.05, 0.1) is 17.7 Å². The minimum absolute atomic E-state index is 0.0365. The number of carbonyl (C=O) groups excluding carboxylic acids is 1. The second-order valence-corrected chi connectivity index (χ2v) is 7.08. The van der Waals surface area contributed by atoms with Crippen molar-refractivity contribution in [2.75, 3.05) is 6.61 Å². The fourth-order valence-corrected chi connectivity index (χ4v) is 3.20. The van der Waals surface area contributed by atoms with Crippen LogP contribution < -0.4 is 21.8 Å². The first-order valence-electron chi connectivity index (χ1n) is 9.55. The number of hydrogen-bond donors (Lipinski definition) is 2. The van der Waals surface area contributed by atoms with Crippen LogP contribution in [0.1, 0.15) is 43.9 Å². The average Bonchev–Trinajstić information content (AvgIpc) is 3.47. The second-order valence-electron chi connectivity index (χ2n) is 7.08. The highest BCUT2D eigenvalue weighted by Crippen LogP contribution is 2.34. The van der Waals surface area contributed by atoms with E-state index in [0.29, 0.717) is 30.2 Å². The molecule has 1 saturated carbocycles. The standard InChI is InChI=1S/C21H27N3O3/c1-2-3-10-27-20-17-11-14(7-9-19(23)25)6-8-16(17)21(26)24(18(20)12-22)13-15-4-5-15/h6-9,11,15H,2-5,10,12-13,22H2,1H3,(H2,23,25)/b9-7+. The minimum Gasteiger partial charge on any atom is -0.491 e. The topological polar surface area (TPSA) is 100 Å². The first-order chi connectivity index (χ1) is 13.0. The Morgan fingerprint density at radius 2 is 2.11 bits per heavy atom. The molecule has 144 valence electrons. The highest BCUT2D eigenvalue weighted by molar-refractivity contribution is 5.93. The number of ether oxygens (including phenoxy) is 1. The Bertz CT molecular complexity index is 926. The van der Waals surface area contributed by atoms with Gasteiger partial charge in [-0.05, 0) is 49.0 Å². The normalized spacial score (nSPS) is 14.1. The molecule has 0 spiro atoms. The van der Waals surface area contributed by atoms with Crippen LogP contribution >= 0.6 is 0 Å². The zero-order valence-electron chi connectivity index (χ0n) is 15.7. The Morgan fingerprint density at radius 1 is 1.33 bits per heavy atom. The number of nitrogens with zero attached hydrogens (tertiary/aromatic N) is 1. The fraction of sp³-hybridized carbons (Fsp3) is 0.429. The van der Waals surface area contributed by atoms with E-state index in [9.17, 15) is 9.59 Å². The SMILES string of the molecule is CCCCOc1c(CN)n(CC2CC2)c(=O)c2ccc(/C=C/C(N)=O)cc12. The van der Waals surface area contributed by atoms with Crippen LogP contribution in [0.3, 0.4) is 0 Å². The van der Waals surface area contributed by atoms with E-state index in [1.807, 2.05) is 12.1 Å². The van der Waals surface area contributed by atoms with Crippen LogP contribution in [0.15, 0.2) is 29.1 Å². The van der Waals surface area contributed by atoms with Crippen molar-refractivity contribution in [3.8, 4) is 5.75 Å². The highest BCUT2D eigenvalue weighted by Gasteiger charge is 2.25. The van der Waals surface area contributed by atoms with E-state index in [1.165, 1.54) is 6.08 Å². The van der Waals surface area contributed by atoms with Crippen molar-refractivity contribution in [1.82, 2.24) is 4.57 Å². The summed E-state index contributed by atoms with van der Waals surface area (Å²) in [5, 5.41) is 1.34. The molecule has 1 aromatic carbocycles. The van der Waals surface area contributed by atoms with Gasteiger partial charge in [-0.15, -0.1) is 0 Å². The monoisotopic (exact) mass is 369 g/mol. The fourth-order valence-electron chi connectivity index (χ4n) is 3.20. The molecule has 4 N–H and O–H groups in total. The van der Waals surface area contributed by atoms with Gasteiger partial charge >= 0.3 is 0 Å². The second kappa shape index (κ2) is 8.39. The van der Waals surface area contributed by atoms with Gasteiger partial charge in [0.2, 0.25) is 5.91 Å². The lowest BCUT2D eigenvalue weighted by atomic mass is 10.0. The van der Waals surface area contributed by atoms with Crippen LogP contribution in [0, 0.1) is 5.92 Å². The van der Waals surface area contributed by atoms with Crippen LogP contribution in [-0.4, -0.2) is 17.1 Å². The van der Waals surface area contributed by atoms with E-state index in [-0.39, 0.29) is 12.1 Å². The number of unbranched alkanes of at least 4 members (excludes halogenated alkanes) is 1. The van der Waals surface area contributed by atoms with Crippen molar-refractivity contribution in [2.45, 2.75) is 45.7 Å². The molecule has 3 rings (SSSR count). The van der Waals surface area contributed by atoms with Gasteiger partial charge in [-0.25, -0.2) is 0 Å². The molecule has 1 fully saturated rings. The summed E-state index contributed by atoms with van der Waals surface area (Å²) < 4.78 is 7.90. The molecule has 0 unspecified atom stereocenters. The lowest BCUT2D eigenvalue weighted by Gasteiger charge is -2.19. The zero-order chi connectivity index (χ0) is 19.4. The van der Waals surface area contributed by atoms with Crippen LogP contribution in [0.4, 0.5) is 0 Å². The lowest BCUT2D eigenvalue weighted by Crippen LogP contribution is -2.27. The molecule has 1 aromatic heterocycles. The predicted octanol–water partition coefficient (Wildman–Crippen LogP) is 2.55. The van der Waals surface area contributed by atoms with Crippen LogP contribution in [-0.2, 0) is 17.9 Å². The van der Waals surface area contributed by atoms with Crippen molar-refractivity contribution in [1.29, 1.82) is 0 Å². The third kappa shape index (κ3) is 4.39. The molecule has 0 radical (unpaired) electrons. The Labute approximate surface area is 158 Å². The summed E-state index contributed by atoms with van der Waals surface area (Å²) in [4.78, 5) is 24.1. The van der Waals surface area contributed by atoms with Crippen LogP contribution in [0.2, 0.25) is 0 Å². The van der Waals surface area contributed by atoms with Gasteiger partial charge in [0.25, 0.3) is 5.56 Å². The van der Waals surface area contributed by atoms with Crippen LogP contribution in [0.25, 0.3) is 16.8 Å². The van der Waals surface area contributed by atoms with Crippen LogP contribution in [0.5, 0.6) is 5.75 Å². The molecule has 0 bridgehead atoms. The summed E-state index contributed by atoms with van der Waals surface area (Å²) in [7, 11) is 0. The van der Waals surface area contributed by atoms with Gasteiger partial charge < -0.3 is 20.8 Å².